The lowest BCUT2D eigenvalue weighted by molar-refractivity contribution is 0.0949. The van der Waals surface area contributed by atoms with Crippen molar-refractivity contribution in [3.8, 4) is 0 Å². The van der Waals surface area contributed by atoms with E-state index in [4.69, 9.17) is 5.14 Å². The van der Waals surface area contributed by atoms with E-state index in [-0.39, 0.29) is 17.0 Å². The largest absolute Gasteiger partial charge is 0.348 e. The number of rotatable bonds is 4. The molecule has 2 heterocycles. The number of hydrogen-bond acceptors (Lipinski definition) is 5. The molecule has 0 saturated carbocycles. The van der Waals surface area contributed by atoms with Crippen LogP contribution in [0.15, 0.2) is 64.5 Å². The highest BCUT2D eigenvalue weighted by molar-refractivity contribution is 7.89. The Balaban J connectivity index is 1.77. The summed E-state index contributed by atoms with van der Waals surface area (Å²) in [4.78, 5) is 28.6. The fourth-order valence-electron chi connectivity index (χ4n) is 2.26. The van der Waals surface area contributed by atoms with Crippen molar-refractivity contribution in [3.05, 3.63) is 76.3 Å². The number of pyridine rings is 1. The van der Waals surface area contributed by atoms with Gasteiger partial charge in [-0.15, -0.1) is 0 Å². The van der Waals surface area contributed by atoms with Gasteiger partial charge in [0.1, 0.15) is 11.2 Å². The molecule has 9 heteroatoms. The summed E-state index contributed by atoms with van der Waals surface area (Å²) in [6.45, 7) is 0.126. The number of fused-ring (bicyclic) bond motifs is 1. The molecule has 2 aromatic heterocycles. The van der Waals surface area contributed by atoms with Gasteiger partial charge < -0.3 is 5.32 Å². The van der Waals surface area contributed by atoms with Crippen molar-refractivity contribution in [1.29, 1.82) is 0 Å². The van der Waals surface area contributed by atoms with Crippen molar-refractivity contribution in [2.75, 3.05) is 0 Å². The first-order valence-corrected chi connectivity index (χ1v) is 8.77. The Bertz CT molecular complexity index is 1100. The van der Waals surface area contributed by atoms with E-state index < -0.39 is 21.5 Å². The molecule has 0 unspecified atom stereocenters. The van der Waals surface area contributed by atoms with Gasteiger partial charge in [0, 0.05) is 18.9 Å². The maximum atomic E-state index is 12.3. The van der Waals surface area contributed by atoms with E-state index in [2.05, 4.69) is 10.3 Å². The number of primary sulfonamides is 1. The minimum absolute atomic E-state index is 0.0143. The van der Waals surface area contributed by atoms with E-state index >= 15 is 0 Å². The van der Waals surface area contributed by atoms with E-state index in [0.29, 0.717) is 11.2 Å². The van der Waals surface area contributed by atoms with Gasteiger partial charge in [-0.25, -0.2) is 18.5 Å². The minimum Gasteiger partial charge on any atom is -0.348 e. The minimum atomic E-state index is -3.76. The molecule has 0 aliphatic carbocycles. The second-order valence-corrected chi connectivity index (χ2v) is 6.84. The monoisotopic (exact) mass is 358 g/mol. The molecule has 0 saturated heterocycles. The van der Waals surface area contributed by atoms with Gasteiger partial charge in [-0.3, -0.25) is 14.0 Å². The quantitative estimate of drug-likeness (QED) is 0.693. The standard InChI is InChI=1S/C16H14N4O4S/c17-25(23,24)12-6-4-11(5-7-12)9-19-15(21)13-10-18-14-3-1-2-8-20(14)16(13)22/h1-8,10H,9H2,(H,19,21)(H2,17,23,24). The van der Waals surface area contributed by atoms with Crippen LogP contribution in [0.25, 0.3) is 5.65 Å². The molecule has 3 rings (SSSR count). The lowest BCUT2D eigenvalue weighted by Gasteiger charge is -2.07. The third kappa shape index (κ3) is 3.57. The summed E-state index contributed by atoms with van der Waals surface area (Å²) in [7, 11) is -3.76. The molecule has 0 atom stereocenters. The topological polar surface area (TPSA) is 124 Å². The highest BCUT2D eigenvalue weighted by Crippen LogP contribution is 2.08. The van der Waals surface area contributed by atoms with Crippen molar-refractivity contribution in [1.82, 2.24) is 14.7 Å². The third-order valence-electron chi connectivity index (χ3n) is 3.56. The van der Waals surface area contributed by atoms with Gasteiger partial charge in [0.2, 0.25) is 10.0 Å². The Kier molecular flexibility index (Phi) is 4.34. The van der Waals surface area contributed by atoms with Gasteiger partial charge in [0.25, 0.3) is 11.5 Å². The summed E-state index contributed by atoms with van der Waals surface area (Å²) >= 11 is 0. The maximum Gasteiger partial charge on any atom is 0.270 e. The summed E-state index contributed by atoms with van der Waals surface area (Å²) in [6.07, 6.45) is 2.77. The van der Waals surface area contributed by atoms with E-state index in [0.717, 1.165) is 0 Å². The van der Waals surface area contributed by atoms with E-state index in [1.165, 1.54) is 41.1 Å². The Morgan fingerprint density at radius 3 is 2.56 bits per heavy atom. The lowest BCUT2D eigenvalue weighted by atomic mass is 10.2. The number of carbonyl (C=O) groups is 1. The molecule has 1 amide bonds. The van der Waals surface area contributed by atoms with Crippen LogP contribution in [0.1, 0.15) is 15.9 Å². The predicted molar refractivity (Wildman–Crippen MR) is 90.4 cm³/mol. The summed E-state index contributed by atoms with van der Waals surface area (Å²) in [5.41, 5.74) is 0.565. The molecule has 25 heavy (non-hydrogen) atoms. The number of nitrogens with zero attached hydrogens (tertiary/aromatic N) is 2. The molecular weight excluding hydrogens is 344 g/mol. The lowest BCUT2D eigenvalue weighted by Crippen LogP contribution is -2.31. The van der Waals surface area contributed by atoms with E-state index in [1.807, 2.05) is 0 Å². The average molecular weight is 358 g/mol. The molecule has 3 N–H and O–H groups in total. The average Bonchev–Trinajstić information content (AvgIpc) is 2.60. The van der Waals surface area contributed by atoms with Gasteiger partial charge >= 0.3 is 0 Å². The molecule has 0 spiro atoms. The van der Waals surface area contributed by atoms with Crippen LogP contribution in [-0.2, 0) is 16.6 Å². The number of amides is 1. The first-order valence-electron chi connectivity index (χ1n) is 7.22. The predicted octanol–water partition coefficient (Wildman–Crippen LogP) is 0.272. The number of hydrogen-bond donors (Lipinski definition) is 2. The highest BCUT2D eigenvalue weighted by atomic mass is 32.2. The van der Waals surface area contributed by atoms with Crippen LogP contribution in [-0.4, -0.2) is 23.7 Å². The first-order chi connectivity index (χ1) is 11.9. The van der Waals surface area contributed by atoms with Crippen LogP contribution in [0, 0.1) is 0 Å². The van der Waals surface area contributed by atoms with Gasteiger partial charge in [-0.05, 0) is 29.8 Å². The van der Waals surface area contributed by atoms with Gasteiger partial charge in [0.15, 0.2) is 0 Å². The molecule has 3 aromatic rings. The van der Waals surface area contributed by atoms with E-state index in [9.17, 15) is 18.0 Å². The Labute approximate surface area is 143 Å². The van der Waals surface area contributed by atoms with Crippen LogP contribution in [0.3, 0.4) is 0 Å². The summed E-state index contributed by atoms with van der Waals surface area (Å²) in [6, 6.07) is 10.8. The number of aromatic nitrogens is 2. The summed E-state index contributed by atoms with van der Waals surface area (Å²) in [5.74, 6) is -0.564. The number of benzene rings is 1. The van der Waals surface area contributed by atoms with E-state index in [1.54, 1.807) is 18.2 Å². The molecule has 1 aromatic carbocycles. The Morgan fingerprint density at radius 1 is 1.16 bits per heavy atom. The second-order valence-electron chi connectivity index (χ2n) is 5.28. The zero-order valence-corrected chi connectivity index (χ0v) is 13.7. The van der Waals surface area contributed by atoms with Crippen LogP contribution >= 0.6 is 0 Å². The molecule has 0 bridgehead atoms. The van der Waals surface area contributed by atoms with Gasteiger partial charge in [-0.1, -0.05) is 18.2 Å². The Hall–Kier alpha value is -3.04. The number of nitrogens with one attached hydrogen (secondary N) is 1. The summed E-state index contributed by atoms with van der Waals surface area (Å²) in [5, 5.41) is 7.63. The number of nitrogens with two attached hydrogens (primary N) is 1. The molecule has 0 aliphatic rings. The molecule has 0 aliphatic heterocycles. The molecule has 0 fully saturated rings. The van der Waals surface area contributed by atoms with Crippen molar-refractivity contribution < 1.29 is 13.2 Å². The van der Waals surface area contributed by atoms with Crippen molar-refractivity contribution in [2.45, 2.75) is 11.4 Å². The smallest absolute Gasteiger partial charge is 0.270 e. The van der Waals surface area contributed by atoms with Crippen LogP contribution in [0.2, 0.25) is 0 Å². The van der Waals surface area contributed by atoms with Crippen LogP contribution in [0.5, 0.6) is 0 Å². The third-order valence-corrected chi connectivity index (χ3v) is 4.49. The highest BCUT2D eigenvalue weighted by Gasteiger charge is 2.13. The molecular formula is C16H14N4O4S. The molecule has 128 valence electrons. The van der Waals surface area contributed by atoms with Crippen LogP contribution < -0.4 is 16.0 Å². The van der Waals surface area contributed by atoms with Crippen molar-refractivity contribution in [3.63, 3.8) is 0 Å². The Morgan fingerprint density at radius 2 is 1.88 bits per heavy atom. The van der Waals surface area contributed by atoms with Crippen molar-refractivity contribution >= 4 is 21.6 Å². The fourth-order valence-corrected chi connectivity index (χ4v) is 2.77. The normalized spacial score (nSPS) is 11.4. The maximum absolute atomic E-state index is 12.3. The fraction of sp³-hybridized carbons (Fsp3) is 0.0625. The second kappa shape index (κ2) is 6.46. The SMILES string of the molecule is NS(=O)(=O)c1ccc(CNC(=O)c2cnc3ccccn3c2=O)cc1. The zero-order valence-electron chi connectivity index (χ0n) is 12.9. The number of sulfonamides is 1. The van der Waals surface area contributed by atoms with Crippen molar-refractivity contribution in [2.24, 2.45) is 5.14 Å². The molecule has 0 radical (unpaired) electrons. The first kappa shape index (κ1) is 16.8. The number of carbonyl (C=O) groups excluding carboxylic acids is 1. The van der Waals surface area contributed by atoms with Crippen LogP contribution in [0.4, 0.5) is 0 Å². The molecule has 8 nitrogen and oxygen atoms in total. The zero-order chi connectivity index (χ0) is 18.0. The van der Waals surface area contributed by atoms with Gasteiger partial charge in [-0.2, -0.15) is 0 Å². The van der Waals surface area contributed by atoms with Gasteiger partial charge in [0.05, 0.1) is 4.90 Å². The summed E-state index contributed by atoms with van der Waals surface area (Å²) < 4.78 is 23.7.